The molecule has 5 rings (SSSR count). The summed E-state index contributed by atoms with van der Waals surface area (Å²) < 4.78 is 4.02. The average Bonchev–Trinajstić information content (AvgIpc) is 3.08. The normalized spacial score (nSPS) is 16.7. The molecule has 136 valence electrons. The molecule has 0 spiro atoms. The number of pyridine rings is 1. The molecule has 2 aliphatic rings. The molecule has 1 saturated carbocycles. The summed E-state index contributed by atoms with van der Waals surface area (Å²) >= 11 is 0. The number of hydrogen-bond acceptors (Lipinski definition) is 3. The zero-order valence-electron chi connectivity index (χ0n) is 15.3. The summed E-state index contributed by atoms with van der Waals surface area (Å²) in [6, 6.07) is 10.1. The first-order valence-corrected chi connectivity index (χ1v) is 9.87. The van der Waals surface area contributed by atoms with Gasteiger partial charge in [-0.05, 0) is 68.2 Å². The molecular formula is C22H22N4O. The number of nitriles is 1. The van der Waals surface area contributed by atoms with Gasteiger partial charge in [0.15, 0.2) is 0 Å². The maximum absolute atomic E-state index is 13.3. The second-order valence-electron chi connectivity index (χ2n) is 7.77. The fourth-order valence-electron chi connectivity index (χ4n) is 4.48. The van der Waals surface area contributed by atoms with E-state index in [1.165, 1.54) is 12.0 Å². The van der Waals surface area contributed by atoms with Crippen LogP contribution in [-0.4, -0.2) is 14.3 Å². The van der Waals surface area contributed by atoms with Crippen LogP contribution in [-0.2, 0) is 19.4 Å². The number of nitrogens with zero attached hydrogens (tertiary/aromatic N) is 4. The van der Waals surface area contributed by atoms with Crippen LogP contribution in [0.25, 0.3) is 11.0 Å². The Morgan fingerprint density at radius 1 is 1.07 bits per heavy atom. The summed E-state index contributed by atoms with van der Waals surface area (Å²) in [4.78, 5) is 13.3. The summed E-state index contributed by atoms with van der Waals surface area (Å²) in [5.74, 6) is 0. The monoisotopic (exact) mass is 358 g/mol. The van der Waals surface area contributed by atoms with E-state index in [2.05, 4.69) is 11.2 Å². The van der Waals surface area contributed by atoms with E-state index in [0.717, 1.165) is 60.7 Å². The molecule has 5 nitrogen and oxygen atoms in total. The van der Waals surface area contributed by atoms with E-state index in [-0.39, 0.29) is 5.56 Å². The van der Waals surface area contributed by atoms with Gasteiger partial charge in [-0.2, -0.15) is 10.4 Å². The summed E-state index contributed by atoms with van der Waals surface area (Å²) in [6.07, 6.45) is 9.45. The number of rotatable bonds is 3. The zero-order valence-corrected chi connectivity index (χ0v) is 15.3. The molecule has 1 fully saturated rings. The van der Waals surface area contributed by atoms with E-state index < -0.39 is 0 Å². The Balaban J connectivity index is 1.68. The van der Waals surface area contributed by atoms with Crippen LogP contribution >= 0.6 is 0 Å². The standard InChI is InChI=1S/C22H22N4O/c23-12-15-8-10-16(11-9-15)14-25-21-20(13-24-25)18-6-1-2-7-19(18)22(27)26(21)17-4-3-5-17/h8-11,13,17H,1-7,14H2. The highest BCUT2D eigenvalue weighted by atomic mass is 16.1. The lowest BCUT2D eigenvalue weighted by molar-refractivity contribution is 0.309. The minimum atomic E-state index is 0.212. The molecule has 1 aromatic carbocycles. The molecule has 0 unspecified atom stereocenters. The van der Waals surface area contributed by atoms with E-state index in [9.17, 15) is 4.79 Å². The predicted octanol–water partition coefficient (Wildman–Crippen LogP) is 3.72. The second-order valence-corrected chi connectivity index (χ2v) is 7.77. The van der Waals surface area contributed by atoms with Gasteiger partial charge in [0.25, 0.3) is 5.56 Å². The van der Waals surface area contributed by atoms with Crippen molar-refractivity contribution in [1.82, 2.24) is 14.3 Å². The average molecular weight is 358 g/mol. The first-order valence-electron chi connectivity index (χ1n) is 9.87. The minimum Gasteiger partial charge on any atom is -0.290 e. The fraction of sp³-hybridized carbons (Fsp3) is 0.409. The zero-order chi connectivity index (χ0) is 18.4. The third-order valence-corrected chi connectivity index (χ3v) is 6.16. The van der Waals surface area contributed by atoms with Gasteiger partial charge in [0.1, 0.15) is 5.65 Å². The Hall–Kier alpha value is -2.87. The van der Waals surface area contributed by atoms with Crippen molar-refractivity contribution in [1.29, 1.82) is 5.26 Å². The Morgan fingerprint density at radius 2 is 1.81 bits per heavy atom. The molecule has 0 saturated heterocycles. The SMILES string of the molecule is N#Cc1ccc(Cn2ncc3c4c(c(=O)n(C5CCC5)c32)CCCC4)cc1. The number of aromatic nitrogens is 3. The van der Waals surface area contributed by atoms with Crippen LogP contribution in [0.4, 0.5) is 0 Å². The smallest absolute Gasteiger partial charge is 0.255 e. The lowest BCUT2D eigenvalue weighted by atomic mass is 9.88. The van der Waals surface area contributed by atoms with Gasteiger partial charge in [0.05, 0.1) is 24.4 Å². The van der Waals surface area contributed by atoms with Crippen LogP contribution in [0.3, 0.4) is 0 Å². The second kappa shape index (κ2) is 6.38. The maximum atomic E-state index is 13.3. The first-order chi connectivity index (χ1) is 13.3. The van der Waals surface area contributed by atoms with Gasteiger partial charge in [-0.25, -0.2) is 4.68 Å². The van der Waals surface area contributed by atoms with Gasteiger partial charge in [-0.15, -0.1) is 0 Å². The quantitative estimate of drug-likeness (QED) is 0.717. The Morgan fingerprint density at radius 3 is 2.48 bits per heavy atom. The van der Waals surface area contributed by atoms with Crippen molar-refractivity contribution in [3.8, 4) is 6.07 Å². The predicted molar refractivity (Wildman–Crippen MR) is 104 cm³/mol. The van der Waals surface area contributed by atoms with E-state index in [1.807, 2.05) is 39.7 Å². The van der Waals surface area contributed by atoms with E-state index in [1.54, 1.807) is 0 Å². The molecular weight excluding hydrogens is 336 g/mol. The third kappa shape index (κ3) is 2.59. The molecule has 0 amide bonds. The van der Waals surface area contributed by atoms with Crippen LogP contribution < -0.4 is 5.56 Å². The Bertz CT molecular complexity index is 1110. The highest BCUT2D eigenvalue weighted by molar-refractivity contribution is 5.81. The van der Waals surface area contributed by atoms with Gasteiger partial charge < -0.3 is 0 Å². The molecule has 5 heteroatoms. The van der Waals surface area contributed by atoms with Crippen molar-refractivity contribution in [2.75, 3.05) is 0 Å². The third-order valence-electron chi connectivity index (χ3n) is 6.16. The van der Waals surface area contributed by atoms with Crippen molar-refractivity contribution in [3.63, 3.8) is 0 Å². The molecule has 0 atom stereocenters. The van der Waals surface area contributed by atoms with E-state index in [4.69, 9.17) is 5.26 Å². The first kappa shape index (κ1) is 16.3. The minimum absolute atomic E-state index is 0.212. The highest BCUT2D eigenvalue weighted by Gasteiger charge is 2.28. The molecule has 0 aliphatic heterocycles. The van der Waals surface area contributed by atoms with Crippen molar-refractivity contribution in [2.24, 2.45) is 0 Å². The fourth-order valence-corrected chi connectivity index (χ4v) is 4.48. The van der Waals surface area contributed by atoms with Crippen LogP contribution in [0.1, 0.15) is 60.4 Å². The molecule has 2 aromatic heterocycles. The number of hydrogen-bond donors (Lipinski definition) is 0. The van der Waals surface area contributed by atoms with Crippen molar-refractivity contribution >= 4 is 11.0 Å². The maximum Gasteiger partial charge on any atom is 0.255 e. The molecule has 2 aliphatic carbocycles. The van der Waals surface area contributed by atoms with Crippen LogP contribution in [0.5, 0.6) is 0 Å². The highest BCUT2D eigenvalue weighted by Crippen LogP contribution is 2.35. The van der Waals surface area contributed by atoms with Gasteiger partial charge >= 0.3 is 0 Å². The largest absolute Gasteiger partial charge is 0.290 e. The lowest BCUT2D eigenvalue weighted by Gasteiger charge is -2.30. The molecule has 27 heavy (non-hydrogen) atoms. The molecule has 0 N–H and O–H groups in total. The van der Waals surface area contributed by atoms with Crippen molar-refractivity contribution in [3.05, 3.63) is 63.1 Å². The van der Waals surface area contributed by atoms with Gasteiger partial charge in [-0.1, -0.05) is 12.1 Å². The van der Waals surface area contributed by atoms with Gasteiger partial charge in [-0.3, -0.25) is 9.36 Å². The number of aryl methyl sites for hydroxylation is 1. The summed E-state index contributed by atoms with van der Waals surface area (Å²) in [5, 5.41) is 14.8. The van der Waals surface area contributed by atoms with Gasteiger partial charge in [0.2, 0.25) is 0 Å². The Labute approximate surface area is 157 Å². The van der Waals surface area contributed by atoms with Crippen LogP contribution in [0.2, 0.25) is 0 Å². The van der Waals surface area contributed by atoms with Crippen molar-refractivity contribution < 1.29 is 0 Å². The Kier molecular flexibility index (Phi) is 3.86. The summed E-state index contributed by atoms with van der Waals surface area (Å²) in [7, 11) is 0. The summed E-state index contributed by atoms with van der Waals surface area (Å²) in [6.45, 7) is 0.611. The topological polar surface area (TPSA) is 63.6 Å². The molecule has 0 radical (unpaired) electrons. The molecule has 0 bridgehead atoms. The lowest BCUT2D eigenvalue weighted by Crippen LogP contribution is -2.34. The number of fused-ring (bicyclic) bond motifs is 3. The summed E-state index contributed by atoms with van der Waals surface area (Å²) in [5.41, 5.74) is 5.19. The molecule has 3 aromatic rings. The van der Waals surface area contributed by atoms with Crippen LogP contribution in [0.15, 0.2) is 35.3 Å². The number of benzene rings is 1. The van der Waals surface area contributed by atoms with E-state index in [0.29, 0.717) is 18.2 Å². The van der Waals surface area contributed by atoms with Crippen LogP contribution in [0, 0.1) is 11.3 Å². The van der Waals surface area contributed by atoms with Gasteiger partial charge in [0, 0.05) is 17.0 Å². The van der Waals surface area contributed by atoms with Crippen molar-refractivity contribution in [2.45, 2.75) is 57.5 Å². The van der Waals surface area contributed by atoms with E-state index >= 15 is 0 Å². The molecule has 2 heterocycles.